The molecule has 1 fully saturated rings. The third-order valence-corrected chi connectivity index (χ3v) is 2.48. The van der Waals surface area contributed by atoms with E-state index in [0.29, 0.717) is 6.54 Å². The van der Waals surface area contributed by atoms with Gasteiger partial charge in [-0.05, 0) is 12.8 Å². The van der Waals surface area contributed by atoms with Crippen molar-refractivity contribution >= 4 is 11.9 Å². The number of carboxylic acids is 1. The number of carbonyl (C=O) groups excluding carboxylic acids is 1. The number of carbonyl (C=O) groups is 2. The van der Waals surface area contributed by atoms with Crippen molar-refractivity contribution in [2.24, 2.45) is 5.92 Å². The van der Waals surface area contributed by atoms with Crippen LogP contribution in [0.1, 0.15) is 19.8 Å². The first-order valence-electron chi connectivity index (χ1n) is 4.72. The molecule has 1 amide bonds. The minimum absolute atomic E-state index is 0.0188. The van der Waals surface area contributed by atoms with Gasteiger partial charge in [0, 0.05) is 18.0 Å². The van der Waals surface area contributed by atoms with E-state index in [0.717, 1.165) is 12.8 Å². The van der Waals surface area contributed by atoms with Crippen LogP contribution in [0.3, 0.4) is 0 Å². The van der Waals surface area contributed by atoms with Crippen LogP contribution in [-0.4, -0.2) is 35.0 Å². The molecule has 0 radical (unpaired) electrons. The van der Waals surface area contributed by atoms with Gasteiger partial charge >= 0.3 is 5.97 Å². The van der Waals surface area contributed by atoms with Crippen LogP contribution in [0.25, 0.3) is 0 Å². The van der Waals surface area contributed by atoms with Gasteiger partial charge in [-0.25, -0.2) is 4.79 Å². The number of likely N-dealkylation sites (tertiary alicyclic amines) is 1. The molecule has 78 valence electrons. The maximum Gasteiger partial charge on any atom is 0.332 e. The smallest absolute Gasteiger partial charge is 0.332 e. The summed E-state index contributed by atoms with van der Waals surface area (Å²) in [6, 6.07) is 0. The first kappa shape index (κ1) is 10.8. The van der Waals surface area contributed by atoms with E-state index in [1.165, 1.54) is 0 Å². The Morgan fingerprint density at radius 2 is 2.36 bits per heavy atom. The van der Waals surface area contributed by atoms with Gasteiger partial charge < -0.3 is 10.0 Å². The Bertz CT molecular complexity index is 273. The van der Waals surface area contributed by atoms with Crippen LogP contribution in [0.5, 0.6) is 0 Å². The van der Waals surface area contributed by atoms with Crippen molar-refractivity contribution in [3.63, 3.8) is 0 Å². The van der Waals surface area contributed by atoms with E-state index < -0.39 is 5.97 Å². The lowest BCUT2D eigenvalue weighted by molar-refractivity contribution is -0.138. The summed E-state index contributed by atoms with van der Waals surface area (Å²) in [7, 11) is 0. The van der Waals surface area contributed by atoms with E-state index >= 15 is 0 Å². The van der Waals surface area contributed by atoms with E-state index in [1.54, 1.807) is 4.90 Å². The van der Waals surface area contributed by atoms with Crippen molar-refractivity contribution < 1.29 is 14.7 Å². The fourth-order valence-corrected chi connectivity index (χ4v) is 1.59. The molecule has 1 heterocycles. The zero-order valence-electron chi connectivity index (χ0n) is 8.32. The molecule has 0 bridgehead atoms. The highest BCUT2D eigenvalue weighted by atomic mass is 16.4. The molecule has 0 aromatic carbocycles. The SMILES string of the molecule is C=C(CN1CCCC(C)C1=O)C(=O)O. The molecule has 1 atom stereocenters. The number of piperidine rings is 1. The molecular formula is C10H15NO3. The highest BCUT2D eigenvalue weighted by molar-refractivity contribution is 5.88. The average Bonchev–Trinajstić information content (AvgIpc) is 2.12. The van der Waals surface area contributed by atoms with Crippen molar-refractivity contribution in [2.45, 2.75) is 19.8 Å². The maximum absolute atomic E-state index is 11.6. The van der Waals surface area contributed by atoms with Crippen LogP contribution in [0.15, 0.2) is 12.2 Å². The minimum Gasteiger partial charge on any atom is -0.478 e. The molecule has 1 rings (SSSR count). The first-order valence-corrected chi connectivity index (χ1v) is 4.72. The number of rotatable bonds is 3. The molecule has 0 spiro atoms. The van der Waals surface area contributed by atoms with E-state index in [2.05, 4.69) is 6.58 Å². The lowest BCUT2D eigenvalue weighted by Gasteiger charge is -2.30. The van der Waals surface area contributed by atoms with Crippen molar-refractivity contribution in [3.8, 4) is 0 Å². The molecule has 0 saturated carbocycles. The van der Waals surface area contributed by atoms with E-state index in [4.69, 9.17) is 5.11 Å². The summed E-state index contributed by atoms with van der Waals surface area (Å²) in [5.74, 6) is -0.972. The Balaban J connectivity index is 2.55. The second kappa shape index (κ2) is 4.26. The molecule has 1 aliphatic rings. The predicted molar refractivity (Wildman–Crippen MR) is 51.8 cm³/mol. The molecule has 4 nitrogen and oxygen atoms in total. The number of amides is 1. The van der Waals surface area contributed by atoms with E-state index in [-0.39, 0.29) is 23.9 Å². The van der Waals surface area contributed by atoms with Gasteiger partial charge in [0.25, 0.3) is 0 Å². The van der Waals surface area contributed by atoms with Crippen LogP contribution in [-0.2, 0) is 9.59 Å². The highest BCUT2D eigenvalue weighted by Crippen LogP contribution is 2.17. The van der Waals surface area contributed by atoms with Gasteiger partial charge in [0.1, 0.15) is 0 Å². The minimum atomic E-state index is -1.03. The Morgan fingerprint density at radius 1 is 1.71 bits per heavy atom. The summed E-state index contributed by atoms with van der Waals surface area (Å²) in [5, 5.41) is 8.63. The lowest BCUT2D eigenvalue weighted by atomic mass is 9.99. The highest BCUT2D eigenvalue weighted by Gasteiger charge is 2.26. The fraction of sp³-hybridized carbons (Fsp3) is 0.600. The lowest BCUT2D eigenvalue weighted by Crippen LogP contribution is -2.41. The molecule has 0 aromatic rings. The van der Waals surface area contributed by atoms with Crippen molar-refractivity contribution in [3.05, 3.63) is 12.2 Å². The number of carboxylic acid groups (broad SMARTS) is 1. The monoisotopic (exact) mass is 197 g/mol. The van der Waals surface area contributed by atoms with Gasteiger partial charge in [0.05, 0.1) is 6.54 Å². The fourth-order valence-electron chi connectivity index (χ4n) is 1.59. The summed E-state index contributed by atoms with van der Waals surface area (Å²) >= 11 is 0. The largest absolute Gasteiger partial charge is 0.478 e. The zero-order chi connectivity index (χ0) is 10.7. The summed E-state index contributed by atoms with van der Waals surface area (Å²) in [6.07, 6.45) is 1.84. The topological polar surface area (TPSA) is 57.6 Å². The normalized spacial score (nSPS) is 22.2. The third kappa shape index (κ3) is 2.34. The Kier molecular flexibility index (Phi) is 3.28. The molecule has 0 aliphatic carbocycles. The molecular weight excluding hydrogens is 182 g/mol. The van der Waals surface area contributed by atoms with Gasteiger partial charge in [-0.15, -0.1) is 0 Å². The summed E-state index contributed by atoms with van der Waals surface area (Å²) < 4.78 is 0. The maximum atomic E-state index is 11.6. The molecule has 1 aliphatic heterocycles. The Labute approximate surface area is 83.2 Å². The number of nitrogens with zero attached hydrogens (tertiary/aromatic N) is 1. The number of aliphatic carboxylic acids is 1. The molecule has 1 N–H and O–H groups in total. The molecule has 1 saturated heterocycles. The van der Waals surface area contributed by atoms with Crippen LogP contribution >= 0.6 is 0 Å². The Hall–Kier alpha value is -1.32. The van der Waals surface area contributed by atoms with Gasteiger partial charge in [-0.3, -0.25) is 4.79 Å². The summed E-state index contributed by atoms with van der Waals surface area (Å²) in [6.45, 7) is 6.09. The third-order valence-electron chi connectivity index (χ3n) is 2.48. The summed E-state index contributed by atoms with van der Waals surface area (Å²) in [4.78, 5) is 23.7. The van der Waals surface area contributed by atoms with Crippen LogP contribution < -0.4 is 0 Å². The van der Waals surface area contributed by atoms with E-state index in [1.807, 2.05) is 6.92 Å². The molecule has 1 unspecified atom stereocenters. The van der Waals surface area contributed by atoms with Gasteiger partial charge in [-0.2, -0.15) is 0 Å². The van der Waals surface area contributed by atoms with Crippen LogP contribution in [0.4, 0.5) is 0 Å². The van der Waals surface area contributed by atoms with Gasteiger partial charge in [0.15, 0.2) is 0 Å². The first-order chi connectivity index (χ1) is 6.52. The second-order valence-electron chi connectivity index (χ2n) is 3.71. The molecule has 4 heteroatoms. The van der Waals surface area contributed by atoms with Crippen molar-refractivity contribution in [2.75, 3.05) is 13.1 Å². The predicted octanol–water partition coefficient (Wildman–Crippen LogP) is 0.886. The zero-order valence-corrected chi connectivity index (χ0v) is 8.32. The number of hydrogen-bond acceptors (Lipinski definition) is 2. The summed E-state index contributed by atoms with van der Waals surface area (Å²) in [5.41, 5.74) is 0.0763. The Morgan fingerprint density at radius 3 is 2.93 bits per heavy atom. The molecule has 0 aromatic heterocycles. The van der Waals surface area contributed by atoms with Crippen LogP contribution in [0.2, 0.25) is 0 Å². The average molecular weight is 197 g/mol. The molecule has 14 heavy (non-hydrogen) atoms. The second-order valence-corrected chi connectivity index (χ2v) is 3.71. The quantitative estimate of drug-likeness (QED) is 0.683. The van der Waals surface area contributed by atoms with Crippen LogP contribution in [0, 0.1) is 5.92 Å². The van der Waals surface area contributed by atoms with Gasteiger partial charge in [-0.1, -0.05) is 13.5 Å². The van der Waals surface area contributed by atoms with Crippen molar-refractivity contribution in [1.82, 2.24) is 4.90 Å². The van der Waals surface area contributed by atoms with Crippen molar-refractivity contribution in [1.29, 1.82) is 0 Å². The van der Waals surface area contributed by atoms with E-state index in [9.17, 15) is 9.59 Å². The standard InChI is InChI=1S/C10H15NO3/c1-7-4-3-5-11(9(7)12)6-8(2)10(13)14/h7H,2-6H2,1H3,(H,13,14). The number of hydrogen-bond donors (Lipinski definition) is 1. The van der Waals surface area contributed by atoms with Gasteiger partial charge in [0.2, 0.25) is 5.91 Å².